The van der Waals surface area contributed by atoms with Crippen LogP contribution in [0.4, 0.5) is 10.1 Å². The van der Waals surface area contributed by atoms with Crippen LogP contribution in [0.2, 0.25) is 10.0 Å². The third kappa shape index (κ3) is 5.59. The van der Waals surface area contributed by atoms with Crippen LogP contribution in [-0.4, -0.2) is 27.5 Å². The molecule has 1 amide bonds. The first-order chi connectivity index (χ1) is 16.2. The van der Waals surface area contributed by atoms with Gasteiger partial charge >= 0.3 is 0 Å². The van der Waals surface area contributed by atoms with Crippen LogP contribution in [0.15, 0.2) is 71.6 Å². The number of sulfonamides is 1. The molecule has 0 fully saturated rings. The lowest BCUT2D eigenvalue weighted by Gasteiger charge is -2.28. The zero-order chi connectivity index (χ0) is 24.9. The number of hydrogen-bond acceptors (Lipinski definition) is 5. The highest BCUT2D eigenvalue weighted by Crippen LogP contribution is 2.31. The second-order valence-corrected chi connectivity index (χ2v) is 9.64. The highest BCUT2D eigenvalue weighted by Gasteiger charge is 2.38. The van der Waals surface area contributed by atoms with Gasteiger partial charge < -0.3 is 10.1 Å². The molecule has 0 aliphatic heterocycles. The summed E-state index contributed by atoms with van der Waals surface area (Å²) in [7, 11) is -3.07. The fourth-order valence-electron chi connectivity index (χ4n) is 3.03. The average molecular weight is 522 g/mol. The molecule has 1 N–H and O–H groups in total. The molecule has 176 valence electrons. The number of hydrogen-bond donors (Lipinski definition) is 1. The number of methoxy groups -OCH3 is 1. The Kier molecular flexibility index (Phi) is 7.99. The number of anilines is 1. The van der Waals surface area contributed by atoms with Crippen molar-refractivity contribution in [2.75, 3.05) is 11.4 Å². The summed E-state index contributed by atoms with van der Waals surface area (Å²) in [5, 5.41) is 12.6. The van der Waals surface area contributed by atoms with Crippen molar-refractivity contribution in [3.8, 4) is 11.8 Å². The monoisotopic (exact) mass is 521 g/mol. The number of nitriles is 1. The van der Waals surface area contributed by atoms with E-state index in [2.05, 4.69) is 5.32 Å². The number of ether oxygens (including phenoxy) is 1. The molecule has 0 aromatic heterocycles. The van der Waals surface area contributed by atoms with Gasteiger partial charge in [0.1, 0.15) is 11.6 Å². The largest absolute Gasteiger partial charge is 0.497 e. The molecular weight excluding hydrogens is 504 g/mol. The Hall–Kier alpha value is -3.32. The molecule has 0 spiro atoms. The minimum atomic E-state index is -4.58. The lowest BCUT2D eigenvalue weighted by molar-refractivity contribution is -0.121. The van der Waals surface area contributed by atoms with Crippen LogP contribution in [0.3, 0.4) is 0 Å². The summed E-state index contributed by atoms with van der Waals surface area (Å²) in [5.41, 5.74) is 0.125. The lowest BCUT2D eigenvalue weighted by atomic mass is 10.2. The van der Waals surface area contributed by atoms with E-state index in [1.807, 2.05) is 0 Å². The van der Waals surface area contributed by atoms with E-state index in [9.17, 15) is 22.9 Å². The molecule has 0 saturated carbocycles. The third-order valence-corrected chi connectivity index (χ3v) is 7.03. The number of halogens is 3. The molecule has 11 heteroatoms. The molecule has 7 nitrogen and oxygen atoms in total. The van der Waals surface area contributed by atoms with Gasteiger partial charge in [-0.05, 0) is 60.2 Å². The zero-order valence-corrected chi connectivity index (χ0v) is 20.0. The maximum absolute atomic E-state index is 14.8. The number of rotatable bonds is 8. The highest BCUT2D eigenvalue weighted by molar-refractivity contribution is 7.93. The van der Waals surface area contributed by atoms with Crippen LogP contribution < -0.4 is 14.4 Å². The summed E-state index contributed by atoms with van der Waals surface area (Å²) in [4.78, 5) is 12.7. The molecule has 0 heterocycles. The SMILES string of the molecule is COc1ccc(CNC(=O)C(C#N)N(c2cc(Cl)ccc2F)S(=O)(=O)c2ccc(Cl)cc2)cc1. The van der Waals surface area contributed by atoms with E-state index >= 15 is 0 Å². The van der Waals surface area contributed by atoms with Crippen LogP contribution in [0.25, 0.3) is 0 Å². The van der Waals surface area contributed by atoms with E-state index in [-0.39, 0.29) is 21.5 Å². The summed E-state index contributed by atoms with van der Waals surface area (Å²) in [6, 6.07) is 14.7. The smallest absolute Gasteiger partial charge is 0.266 e. The maximum Gasteiger partial charge on any atom is 0.266 e. The number of carbonyl (C=O) groups is 1. The van der Waals surface area contributed by atoms with Crippen molar-refractivity contribution >= 4 is 44.8 Å². The van der Waals surface area contributed by atoms with E-state index in [1.54, 1.807) is 30.3 Å². The Bertz CT molecular complexity index is 1330. The van der Waals surface area contributed by atoms with Crippen LogP contribution in [-0.2, 0) is 21.4 Å². The van der Waals surface area contributed by atoms with Crippen molar-refractivity contribution in [3.63, 3.8) is 0 Å². The Balaban J connectivity index is 2.01. The first-order valence-corrected chi connectivity index (χ1v) is 11.9. The number of benzene rings is 3. The number of amides is 1. The van der Waals surface area contributed by atoms with Gasteiger partial charge in [0, 0.05) is 16.6 Å². The molecule has 1 atom stereocenters. The van der Waals surface area contributed by atoms with Crippen LogP contribution >= 0.6 is 23.2 Å². The van der Waals surface area contributed by atoms with Crippen molar-refractivity contribution in [1.82, 2.24) is 5.32 Å². The lowest BCUT2D eigenvalue weighted by Crippen LogP contribution is -2.49. The molecule has 1 unspecified atom stereocenters. The van der Waals surface area contributed by atoms with Gasteiger partial charge in [0.2, 0.25) is 6.04 Å². The van der Waals surface area contributed by atoms with Crippen LogP contribution in [0.1, 0.15) is 5.56 Å². The fraction of sp³-hybridized carbons (Fsp3) is 0.130. The molecule has 0 radical (unpaired) electrons. The van der Waals surface area contributed by atoms with Gasteiger partial charge in [-0.1, -0.05) is 35.3 Å². The first-order valence-electron chi connectivity index (χ1n) is 9.72. The minimum absolute atomic E-state index is 0.00608. The average Bonchev–Trinajstić information content (AvgIpc) is 2.83. The molecule has 3 aromatic carbocycles. The summed E-state index contributed by atoms with van der Waals surface area (Å²) >= 11 is 11.8. The van der Waals surface area contributed by atoms with Crippen molar-refractivity contribution < 1.29 is 22.3 Å². The van der Waals surface area contributed by atoms with Gasteiger partial charge in [-0.15, -0.1) is 0 Å². The summed E-state index contributed by atoms with van der Waals surface area (Å²) in [5.74, 6) is -1.32. The Morgan fingerprint density at radius 2 is 1.71 bits per heavy atom. The molecule has 0 aliphatic rings. The van der Waals surface area contributed by atoms with Crippen LogP contribution in [0, 0.1) is 17.1 Å². The molecule has 3 rings (SSSR count). The molecular formula is C23H18Cl2FN3O4S. The van der Waals surface area contributed by atoms with Crippen molar-refractivity contribution in [1.29, 1.82) is 5.26 Å². The third-order valence-electron chi connectivity index (χ3n) is 4.75. The molecule has 34 heavy (non-hydrogen) atoms. The van der Waals surface area contributed by atoms with Gasteiger partial charge in [-0.25, -0.2) is 17.1 Å². The van der Waals surface area contributed by atoms with Gasteiger partial charge in [0.15, 0.2) is 0 Å². The minimum Gasteiger partial charge on any atom is -0.497 e. The van der Waals surface area contributed by atoms with Gasteiger partial charge in [0.05, 0.1) is 23.8 Å². The predicted molar refractivity (Wildman–Crippen MR) is 127 cm³/mol. The summed E-state index contributed by atoms with van der Waals surface area (Å²) < 4.78 is 47.2. The van der Waals surface area contributed by atoms with Crippen molar-refractivity contribution in [3.05, 3.63) is 88.2 Å². The number of carbonyl (C=O) groups excluding carboxylic acids is 1. The summed E-state index contributed by atoms with van der Waals surface area (Å²) in [6.07, 6.45) is 0. The maximum atomic E-state index is 14.8. The quantitative estimate of drug-likeness (QED) is 0.468. The van der Waals surface area contributed by atoms with Crippen LogP contribution in [0.5, 0.6) is 5.75 Å². The first kappa shape index (κ1) is 25.3. The standard InChI is InChI=1S/C23H18Cl2FN3O4S/c1-33-18-7-2-15(3-8-18)14-28-23(30)22(13-27)29(21-12-17(25)6-11-20(21)26)34(31,32)19-9-4-16(24)5-10-19/h2-12,22H,14H2,1H3,(H,28,30). The molecule has 0 aliphatic carbocycles. The summed E-state index contributed by atoms with van der Waals surface area (Å²) in [6.45, 7) is -0.00608. The number of nitrogens with one attached hydrogen (secondary N) is 1. The second-order valence-electron chi connectivity index (χ2n) is 6.95. The van der Waals surface area contributed by atoms with Crippen molar-refractivity contribution in [2.45, 2.75) is 17.5 Å². The second kappa shape index (κ2) is 10.7. The van der Waals surface area contributed by atoms with E-state index in [0.29, 0.717) is 15.6 Å². The zero-order valence-electron chi connectivity index (χ0n) is 17.7. The van der Waals surface area contributed by atoms with Gasteiger partial charge in [0.25, 0.3) is 15.9 Å². The Morgan fingerprint density at radius 1 is 1.09 bits per heavy atom. The predicted octanol–water partition coefficient (Wildman–Crippen LogP) is 4.54. The molecule has 0 saturated heterocycles. The molecule has 0 bridgehead atoms. The normalized spacial score (nSPS) is 11.9. The fourth-order valence-corrected chi connectivity index (χ4v) is 4.85. The Labute approximate surface area is 206 Å². The Morgan fingerprint density at radius 3 is 2.29 bits per heavy atom. The van der Waals surface area contributed by atoms with Gasteiger partial charge in [-0.2, -0.15) is 5.26 Å². The number of nitrogens with zero attached hydrogens (tertiary/aromatic N) is 2. The van der Waals surface area contributed by atoms with E-state index in [4.69, 9.17) is 27.9 Å². The van der Waals surface area contributed by atoms with E-state index in [1.165, 1.54) is 37.4 Å². The molecule has 3 aromatic rings. The van der Waals surface area contributed by atoms with E-state index in [0.717, 1.165) is 12.1 Å². The van der Waals surface area contributed by atoms with Gasteiger partial charge in [-0.3, -0.25) is 4.79 Å². The van der Waals surface area contributed by atoms with Crippen molar-refractivity contribution in [2.24, 2.45) is 0 Å². The van der Waals surface area contributed by atoms with E-state index < -0.39 is 33.5 Å². The topological polar surface area (TPSA) is 99.5 Å². The highest BCUT2D eigenvalue weighted by atomic mass is 35.5.